The number of amides is 2. The van der Waals surface area contributed by atoms with Crippen LogP contribution in [0.5, 0.6) is 5.75 Å². The summed E-state index contributed by atoms with van der Waals surface area (Å²) in [5.74, 6) is -0.430. The van der Waals surface area contributed by atoms with E-state index in [1.165, 1.54) is 20.2 Å². The van der Waals surface area contributed by atoms with Crippen LogP contribution in [0, 0.1) is 0 Å². The predicted molar refractivity (Wildman–Crippen MR) is 72.3 cm³/mol. The number of hydrogen-bond acceptors (Lipinski definition) is 4. The smallest absolute Gasteiger partial charge is 0.261 e. The van der Waals surface area contributed by atoms with E-state index in [1.807, 2.05) is 0 Å². The number of ether oxygens (including phenoxy) is 1. The Labute approximate surface area is 114 Å². The van der Waals surface area contributed by atoms with Gasteiger partial charge in [-0.2, -0.15) is 0 Å². The minimum Gasteiger partial charge on any atom is -0.496 e. The van der Waals surface area contributed by atoms with Gasteiger partial charge >= 0.3 is 0 Å². The van der Waals surface area contributed by atoms with Crippen LogP contribution in [0.1, 0.15) is 31.1 Å². The highest BCUT2D eigenvalue weighted by Crippen LogP contribution is 2.35. The number of benzene rings is 2. The maximum atomic E-state index is 12.2. The van der Waals surface area contributed by atoms with E-state index in [0.29, 0.717) is 39.5 Å². The molecule has 2 amide bonds. The van der Waals surface area contributed by atoms with Crippen molar-refractivity contribution in [1.82, 2.24) is 4.90 Å². The highest BCUT2D eigenvalue weighted by molar-refractivity contribution is 6.27. The summed E-state index contributed by atoms with van der Waals surface area (Å²) in [5.41, 5.74) is 1.14. The fraction of sp³-hybridized carbons (Fsp3) is 0.133. The van der Waals surface area contributed by atoms with Crippen LogP contribution >= 0.6 is 0 Å². The Bertz CT molecular complexity index is 779. The normalized spacial score (nSPS) is 13.8. The molecule has 100 valence electrons. The zero-order valence-electron chi connectivity index (χ0n) is 11.0. The molecular weight excluding hydrogens is 258 g/mol. The molecule has 1 heterocycles. The molecule has 0 N–H and O–H groups in total. The van der Waals surface area contributed by atoms with E-state index in [0.717, 1.165) is 4.90 Å². The van der Waals surface area contributed by atoms with Crippen molar-refractivity contribution in [2.75, 3.05) is 14.2 Å². The molecule has 0 fully saturated rings. The summed E-state index contributed by atoms with van der Waals surface area (Å²) < 4.78 is 5.17. The second-order valence-electron chi connectivity index (χ2n) is 4.56. The van der Waals surface area contributed by atoms with Crippen LogP contribution in [-0.4, -0.2) is 37.2 Å². The van der Waals surface area contributed by atoms with Gasteiger partial charge in [-0.15, -0.1) is 0 Å². The molecule has 3 rings (SSSR count). The molecule has 0 radical (unpaired) electrons. The summed E-state index contributed by atoms with van der Waals surface area (Å²) >= 11 is 0. The maximum Gasteiger partial charge on any atom is 0.261 e. The topological polar surface area (TPSA) is 63.7 Å². The number of carbonyl (C=O) groups excluding carboxylic acids is 3. The Morgan fingerprint density at radius 2 is 1.85 bits per heavy atom. The number of methoxy groups -OCH3 is 1. The van der Waals surface area contributed by atoms with E-state index in [2.05, 4.69) is 0 Å². The predicted octanol–water partition coefficient (Wildman–Crippen LogP) is 1.89. The largest absolute Gasteiger partial charge is 0.496 e. The van der Waals surface area contributed by atoms with Crippen molar-refractivity contribution in [2.45, 2.75) is 0 Å². The van der Waals surface area contributed by atoms with Crippen molar-refractivity contribution in [3.05, 3.63) is 41.0 Å². The molecule has 0 unspecified atom stereocenters. The number of imide groups is 1. The Hall–Kier alpha value is -2.69. The third-order valence-corrected chi connectivity index (χ3v) is 3.57. The first-order chi connectivity index (χ1) is 9.60. The van der Waals surface area contributed by atoms with Gasteiger partial charge in [-0.25, -0.2) is 0 Å². The lowest BCUT2D eigenvalue weighted by Gasteiger charge is -2.24. The van der Waals surface area contributed by atoms with Gasteiger partial charge < -0.3 is 4.74 Å². The fourth-order valence-electron chi connectivity index (χ4n) is 2.57. The van der Waals surface area contributed by atoms with E-state index in [4.69, 9.17) is 4.74 Å². The Balaban J connectivity index is 2.54. The van der Waals surface area contributed by atoms with E-state index in [-0.39, 0.29) is 5.91 Å². The van der Waals surface area contributed by atoms with Gasteiger partial charge in [0.1, 0.15) is 5.75 Å². The summed E-state index contributed by atoms with van der Waals surface area (Å²) in [5, 5.41) is 1.07. The van der Waals surface area contributed by atoms with Gasteiger partial charge in [-0.1, -0.05) is 12.1 Å². The average molecular weight is 269 g/mol. The van der Waals surface area contributed by atoms with Gasteiger partial charge in [-0.3, -0.25) is 19.3 Å². The molecule has 1 aliphatic rings. The van der Waals surface area contributed by atoms with Crippen molar-refractivity contribution < 1.29 is 19.1 Å². The lowest BCUT2D eigenvalue weighted by molar-refractivity contribution is 0.0650. The van der Waals surface area contributed by atoms with Crippen molar-refractivity contribution in [3.63, 3.8) is 0 Å². The molecule has 0 atom stereocenters. The van der Waals surface area contributed by atoms with Gasteiger partial charge in [0, 0.05) is 18.0 Å². The van der Waals surface area contributed by atoms with Gasteiger partial charge in [0.15, 0.2) is 6.29 Å². The van der Waals surface area contributed by atoms with Crippen LogP contribution in [0.15, 0.2) is 24.3 Å². The minimum atomic E-state index is -0.394. The van der Waals surface area contributed by atoms with Gasteiger partial charge in [-0.05, 0) is 17.5 Å². The van der Waals surface area contributed by atoms with E-state index in [1.54, 1.807) is 18.2 Å². The van der Waals surface area contributed by atoms with Crippen LogP contribution in [0.4, 0.5) is 0 Å². The Morgan fingerprint density at radius 1 is 1.15 bits per heavy atom. The molecule has 0 aromatic heterocycles. The molecule has 0 spiro atoms. The summed E-state index contributed by atoms with van der Waals surface area (Å²) in [6.45, 7) is 0. The zero-order chi connectivity index (χ0) is 14.4. The van der Waals surface area contributed by atoms with Crippen molar-refractivity contribution in [3.8, 4) is 5.75 Å². The summed E-state index contributed by atoms with van der Waals surface area (Å²) in [7, 11) is 2.87. The molecule has 2 aromatic carbocycles. The number of rotatable bonds is 2. The Morgan fingerprint density at radius 3 is 2.50 bits per heavy atom. The molecule has 0 saturated heterocycles. The quantitative estimate of drug-likeness (QED) is 0.617. The first-order valence-corrected chi connectivity index (χ1v) is 6.01. The van der Waals surface area contributed by atoms with Crippen molar-refractivity contribution in [1.29, 1.82) is 0 Å². The second kappa shape index (κ2) is 4.16. The van der Waals surface area contributed by atoms with Gasteiger partial charge in [0.25, 0.3) is 11.8 Å². The molecule has 1 aliphatic heterocycles. The first kappa shape index (κ1) is 12.3. The summed E-state index contributed by atoms with van der Waals surface area (Å²) in [4.78, 5) is 36.8. The van der Waals surface area contributed by atoms with E-state index < -0.39 is 5.91 Å². The standard InChI is InChI=1S/C15H11NO4/c1-16-14(18)9-5-3-4-8-11(7-17)12(20-2)6-10(13(8)9)15(16)19/h3-7H,1-2H3. The molecule has 5 heteroatoms. The SMILES string of the molecule is COc1cc2c3c(cccc3c1C=O)C(=O)N(C)C2=O. The van der Waals surface area contributed by atoms with Crippen molar-refractivity contribution in [2.24, 2.45) is 0 Å². The highest BCUT2D eigenvalue weighted by Gasteiger charge is 2.31. The molecule has 0 saturated carbocycles. The van der Waals surface area contributed by atoms with Gasteiger partial charge in [0.05, 0.1) is 18.2 Å². The molecule has 0 aliphatic carbocycles. The number of nitrogens with zero attached hydrogens (tertiary/aromatic N) is 1. The zero-order valence-corrected chi connectivity index (χ0v) is 11.0. The van der Waals surface area contributed by atoms with Crippen LogP contribution in [0.25, 0.3) is 10.8 Å². The monoisotopic (exact) mass is 269 g/mol. The molecule has 0 bridgehead atoms. The summed E-state index contributed by atoms with van der Waals surface area (Å²) in [6, 6.07) is 6.56. The highest BCUT2D eigenvalue weighted by atomic mass is 16.5. The molecule has 20 heavy (non-hydrogen) atoms. The summed E-state index contributed by atoms with van der Waals surface area (Å²) in [6.07, 6.45) is 0.676. The number of aldehydes is 1. The lowest BCUT2D eigenvalue weighted by Crippen LogP contribution is -2.37. The lowest BCUT2D eigenvalue weighted by atomic mass is 9.91. The fourth-order valence-corrected chi connectivity index (χ4v) is 2.57. The van der Waals surface area contributed by atoms with Crippen LogP contribution in [-0.2, 0) is 0 Å². The minimum absolute atomic E-state index is 0.329. The third kappa shape index (κ3) is 1.40. The molecular formula is C15H11NO4. The average Bonchev–Trinajstić information content (AvgIpc) is 2.49. The molecule has 5 nitrogen and oxygen atoms in total. The Kier molecular flexibility index (Phi) is 2.57. The van der Waals surface area contributed by atoms with Crippen LogP contribution in [0.3, 0.4) is 0 Å². The maximum absolute atomic E-state index is 12.2. The van der Waals surface area contributed by atoms with Gasteiger partial charge in [0.2, 0.25) is 0 Å². The molecule has 2 aromatic rings. The van der Waals surface area contributed by atoms with E-state index in [9.17, 15) is 14.4 Å². The number of carbonyl (C=O) groups is 3. The first-order valence-electron chi connectivity index (χ1n) is 6.01. The number of hydrogen-bond donors (Lipinski definition) is 0. The van der Waals surface area contributed by atoms with Crippen LogP contribution in [0.2, 0.25) is 0 Å². The van der Waals surface area contributed by atoms with Crippen LogP contribution < -0.4 is 4.74 Å². The van der Waals surface area contributed by atoms with Crippen molar-refractivity contribution >= 4 is 28.9 Å². The second-order valence-corrected chi connectivity index (χ2v) is 4.56. The third-order valence-electron chi connectivity index (χ3n) is 3.57. The van der Waals surface area contributed by atoms with E-state index >= 15 is 0 Å².